The molecule has 1 N–H and O–H groups in total. The largest absolute Gasteiger partial charge is 0.481 e. The zero-order valence-corrected chi connectivity index (χ0v) is 8.10. The van der Waals surface area contributed by atoms with Gasteiger partial charge in [0.1, 0.15) is 0 Å². The van der Waals surface area contributed by atoms with E-state index in [4.69, 9.17) is 5.11 Å². The van der Waals surface area contributed by atoms with Gasteiger partial charge in [-0.2, -0.15) is 0 Å². The lowest BCUT2D eigenvalue weighted by Crippen LogP contribution is -2.17. The van der Waals surface area contributed by atoms with Gasteiger partial charge in [0, 0.05) is 0 Å². The van der Waals surface area contributed by atoms with Gasteiger partial charge in [0.2, 0.25) is 0 Å². The number of carboxylic acids is 1. The maximum atomic E-state index is 11.1. The topological polar surface area (TPSA) is 71.4 Å². The Morgan fingerprint density at radius 2 is 1.92 bits per heavy atom. The molecule has 0 aromatic heterocycles. The molecule has 0 radical (unpaired) electrons. The van der Waals surface area contributed by atoms with Crippen LogP contribution in [0.4, 0.5) is 0 Å². The molecular formula is C7H14O4S. The molecule has 0 aliphatic rings. The van der Waals surface area contributed by atoms with E-state index in [0.29, 0.717) is 0 Å². The van der Waals surface area contributed by atoms with Crippen molar-refractivity contribution in [2.75, 3.05) is 11.5 Å². The first kappa shape index (κ1) is 11.4. The van der Waals surface area contributed by atoms with Gasteiger partial charge >= 0.3 is 5.97 Å². The van der Waals surface area contributed by atoms with Crippen LogP contribution in [-0.4, -0.2) is 31.0 Å². The highest BCUT2D eigenvalue weighted by Gasteiger charge is 2.14. The third-order valence-corrected chi connectivity index (χ3v) is 3.21. The molecule has 0 aliphatic carbocycles. The quantitative estimate of drug-likeness (QED) is 0.693. The van der Waals surface area contributed by atoms with Crippen molar-refractivity contribution in [3.63, 3.8) is 0 Å². The molecule has 0 bridgehead atoms. The number of carbonyl (C=O) groups is 1. The molecule has 0 aromatic carbocycles. The average molecular weight is 194 g/mol. The van der Waals surface area contributed by atoms with E-state index >= 15 is 0 Å². The van der Waals surface area contributed by atoms with Gasteiger partial charge in [0.25, 0.3) is 0 Å². The van der Waals surface area contributed by atoms with Crippen LogP contribution in [0.15, 0.2) is 0 Å². The second-order valence-electron chi connectivity index (χ2n) is 3.15. The van der Waals surface area contributed by atoms with Crippen LogP contribution in [0.1, 0.15) is 20.3 Å². The zero-order chi connectivity index (χ0) is 9.78. The minimum atomic E-state index is -3.16. The molecule has 0 atom stereocenters. The Morgan fingerprint density at radius 3 is 2.25 bits per heavy atom. The smallest absolute Gasteiger partial charge is 0.304 e. The van der Waals surface area contributed by atoms with Gasteiger partial charge in [-0.1, -0.05) is 13.8 Å². The van der Waals surface area contributed by atoms with E-state index < -0.39 is 15.8 Å². The Bertz CT molecular complexity index is 240. The van der Waals surface area contributed by atoms with Crippen LogP contribution in [-0.2, 0) is 14.6 Å². The molecule has 0 fully saturated rings. The summed E-state index contributed by atoms with van der Waals surface area (Å²) >= 11 is 0. The molecule has 0 amide bonds. The number of rotatable bonds is 5. The summed E-state index contributed by atoms with van der Waals surface area (Å²) in [6, 6.07) is 0. The van der Waals surface area contributed by atoms with E-state index in [2.05, 4.69) is 0 Å². The Balaban J connectivity index is 3.98. The fourth-order valence-electron chi connectivity index (χ4n) is 0.834. The second kappa shape index (κ2) is 4.45. The van der Waals surface area contributed by atoms with Gasteiger partial charge < -0.3 is 5.11 Å². The third kappa shape index (κ3) is 6.15. The Morgan fingerprint density at radius 1 is 1.42 bits per heavy atom. The molecule has 0 saturated heterocycles. The van der Waals surface area contributed by atoms with Gasteiger partial charge in [-0.25, -0.2) is 8.42 Å². The highest BCUT2D eigenvalue weighted by molar-refractivity contribution is 7.91. The first-order chi connectivity index (χ1) is 5.33. The van der Waals surface area contributed by atoms with Crippen molar-refractivity contribution in [1.82, 2.24) is 0 Å². The summed E-state index contributed by atoms with van der Waals surface area (Å²) in [5.74, 6) is -1.19. The van der Waals surface area contributed by atoms with Gasteiger partial charge in [0.15, 0.2) is 9.84 Å². The van der Waals surface area contributed by atoms with E-state index in [1.54, 1.807) is 13.8 Å². The highest BCUT2D eigenvalue weighted by Crippen LogP contribution is 2.01. The monoisotopic (exact) mass is 194 g/mol. The number of carboxylic acid groups (broad SMARTS) is 1. The summed E-state index contributed by atoms with van der Waals surface area (Å²) < 4.78 is 22.2. The normalized spacial score (nSPS) is 11.9. The molecule has 5 heteroatoms. The van der Waals surface area contributed by atoms with Crippen molar-refractivity contribution in [2.45, 2.75) is 20.3 Å². The molecule has 0 spiro atoms. The molecular weight excluding hydrogens is 180 g/mol. The number of sulfone groups is 1. The van der Waals surface area contributed by atoms with Crippen LogP contribution in [0, 0.1) is 5.92 Å². The number of aliphatic carboxylic acids is 1. The number of hydrogen-bond donors (Lipinski definition) is 1. The maximum Gasteiger partial charge on any atom is 0.304 e. The van der Waals surface area contributed by atoms with Crippen LogP contribution in [0.2, 0.25) is 0 Å². The van der Waals surface area contributed by atoms with Crippen LogP contribution in [0.25, 0.3) is 0 Å². The fourth-order valence-corrected chi connectivity index (χ4v) is 2.50. The van der Waals surface area contributed by atoms with E-state index in [0.717, 1.165) is 0 Å². The molecule has 4 nitrogen and oxygen atoms in total. The van der Waals surface area contributed by atoms with Crippen molar-refractivity contribution >= 4 is 15.8 Å². The molecule has 0 heterocycles. The summed E-state index contributed by atoms with van der Waals surface area (Å²) in [4.78, 5) is 10.1. The third-order valence-electron chi connectivity index (χ3n) is 1.21. The Hall–Kier alpha value is -0.580. The highest BCUT2D eigenvalue weighted by atomic mass is 32.2. The van der Waals surface area contributed by atoms with Crippen LogP contribution in [0.3, 0.4) is 0 Å². The lowest BCUT2D eigenvalue weighted by Gasteiger charge is -2.04. The Labute approximate surface area is 72.5 Å². The molecule has 72 valence electrons. The van der Waals surface area contributed by atoms with Crippen LogP contribution >= 0.6 is 0 Å². The maximum absolute atomic E-state index is 11.1. The predicted octanol–water partition coefficient (Wildman–Crippen LogP) is 0.532. The summed E-state index contributed by atoms with van der Waals surface area (Å²) in [6.07, 6.45) is -0.297. The summed E-state index contributed by atoms with van der Waals surface area (Å²) in [6.45, 7) is 3.58. The standard InChI is InChI=1S/C7H14O4S/c1-6(2)5-12(10,11)4-3-7(8)9/h6H,3-5H2,1-2H3,(H,8,9). The summed E-state index contributed by atoms with van der Waals surface area (Å²) in [7, 11) is -3.16. The molecule has 0 saturated carbocycles. The van der Waals surface area contributed by atoms with E-state index in [9.17, 15) is 13.2 Å². The first-order valence-electron chi connectivity index (χ1n) is 3.75. The number of hydrogen-bond acceptors (Lipinski definition) is 3. The average Bonchev–Trinajstić information content (AvgIpc) is 1.81. The van der Waals surface area contributed by atoms with E-state index in [1.165, 1.54) is 0 Å². The predicted molar refractivity (Wildman–Crippen MR) is 45.7 cm³/mol. The lowest BCUT2D eigenvalue weighted by atomic mass is 10.3. The van der Waals surface area contributed by atoms with Crippen LogP contribution < -0.4 is 0 Å². The van der Waals surface area contributed by atoms with Gasteiger partial charge in [-0.3, -0.25) is 4.79 Å². The van der Waals surface area contributed by atoms with Gasteiger partial charge in [0.05, 0.1) is 17.9 Å². The molecule has 0 rings (SSSR count). The fraction of sp³-hybridized carbons (Fsp3) is 0.857. The molecule has 0 aliphatic heterocycles. The molecule has 12 heavy (non-hydrogen) atoms. The van der Waals surface area contributed by atoms with E-state index in [-0.39, 0.29) is 23.8 Å². The minimum Gasteiger partial charge on any atom is -0.481 e. The minimum absolute atomic E-state index is 0.0591. The van der Waals surface area contributed by atoms with Crippen molar-refractivity contribution in [3.8, 4) is 0 Å². The van der Waals surface area contributed by atoms with Crippen molar-refractivity contribution in [2.24, 2.45) is 5.92 Å². The lowest BCUT2D eigenvalue weighted by molar-refractivity contribution is -0.136. The first-order valence-corrected chi connectivity index (χ1v) is 5.58. The molecule has 0 aromatic rings. The molecule has 0 unspecified atom stereocenters. The SMILES string of the molecule is CC(C)CS(=O)(=O)CCC(=O)O. The second-order valence-corrected chi connectivity index (χ2v) is 5.38. The van der Waals surface area contributed by atoms with Crippen molar-refractivity contribution in [3.05, 3.63) is 0 Å². The summed E-state index contributed by atoms with van der Waals surface area (Å²) in [5, 5.41) is 8.25. The van der Waals surface area contributed by atoms with Crippen molar-refractivity contribution < 1.29 is 18.3 Å². The summed E-state index contributed by atoms with van der Waals surface area (Å²) in [5.41, 5.74) is 0. The van der Waals surface area contributed by atoms with E-state index in [1.807, 2.05) is 0 Å². The van der Waals surface area contributed by atoms with Crippen molar-refractivity contribution in [1.29, 1.82) is 0 Å². The zero-order valence-electron chi connectivity index (χ0n) is 7.28. The van der Waals surface area contributed by atoms with Gasteiger partial charge in [-0.05, 0) is 5.92 Å². The van der Waals surface area contributed by atoms with Crippen LogP contribution in [0.5, 0.6) is 0 Å². The van der Waals surface area contributed by atoms with Gasteiger partial charge in [-0.15, -0.1) is 0 Å². The Kier molecular flexibility index (Phi) is 4.23.